The Morgan fingerprint density at radius 2 is 1.59 bits per heavy atom. The van der Waals surface area contributed by atoms with Gasteiger partial charge in [-0.25, -0.2) is 0 Å². The van der Waals surface area contributed by atoms with Crippen molar-refractivity contribution < 1.29 is 9.53 Å². The number of carbonyl (C=O) groups is 1. The normalized spacial score (nSPS) is 18.8. The van der Waals surface area contributed by atoms with Gasteiger partial charge < -0.3 is 9.64 Å². The molecule has 170 valence electrons. The van der Waals surface area contributed by atoms with Crippen molar-refractivity contribution in [2.75, 3.05) is 52.9 Å². The summed E-state index contributed by atoms with van der Waals surface area (Å²) in [5, 5.41) is 0. The SMILES string of the molecule is COc1ccccc1CN1CCN(C(=O)CN2CCC(C=Cc3ccccc3)CC2)CC1. The summed E-state index contributed by atoms with van der Waals surface area (Å²) in [7, 11) is 1.72. The number of amides is 1. The number of ether oxygens (including phenoxy) is 1. The molecule has 1 amide bonds. The maximum Gasteiger partial charge on any atom is 0.236 e. The first-order chi connectivity index (χ1) is 15.7. The summed E-state index contributed by atoms with van der Waals surface area (Å²) >= 11 is 0. The second-order valence-electron chi connectivity index (χ2n) is 8.85. The minimum absolute atomic E-state index is 0.278. The van der Waals surface area contributed by atoms with Gasteiger partial charge in [0.15, 0.2) is 0 Å². The van der Waals surface area contributed by atoms with Gasteiger partial charge in [0.1, 0.15) is 5.75 Å². The standard InChI is InChI=1S/C27H35N3O2/c1-32-26-10-6-5-9-25(26)21-29-17-19-30(20-18-29)27(31)22-28-15-13-24(14-16-28)12-11-23-7-3-2-4-8-23/h2-12,24H,13-22H2,1H3. The Morgan fingerprint density at radius 3 is 2.31 bits per heavy atom. The molecule has 2 fully saturated rings. The van der Waals surface area contributed by atoms with Crippen LogP contribution in [-0.2, 0) is 11.3 Å². The third kappa shape index (κ3) is 6.21. The Balaban J connectivity index is 1.17. The van der Waals surface area contributed by atoms with Gasteiger partial charge in [0.05, 0.1) is 13.7 Å². The average molecular weight is 434 g/mol. The van der Waals surface area contributed by atoms with Crippen LogP contribution in [0.4, 0.5) is 0 Å². The molecule has 0 saturated carbocycles. The predicted octanol–water partition coefficient (Wildman–Crippen LogP) is 3.76. The Bertz CT molecular complexity index is 883. The highest BCUT2D eigenvalue weighted by Gasteiger charge is 2.25. The summed E-state index contributed by atoms with van der Waals surface area (Å²) in [6.07, 6.45) is 6.83. The molecule has 2 aromatic carbocycles. The van der Waals surface area contributed by atoms with Gasteiger partial charge in [0.2, 0.25) is 5.91 Å². The molecule has 0 aromatic heterocycles. The summed E-state index contributed by atoms with van der Waals surface area (Å²) in [4.78, 5) is 19.6. The molecule has 32 heavy (non-hydrogen) atoms. The van der Waals surface area contributed by atoms with E-state index in [-0.39, 0.29) is 5.91 Å². The van der Waals surface area contributed by atoms with E-state index >= 15 is 0 Å². The topological polar surface area (TPSA) is 36.0 Å². The van der Waals surface area contributed by atoms with Crippen molar-refractivity contribution in [3.05, 3.63) is 71.8 Å². The maximum atomic E-state index is 12.9. The van der Waals surface area contributed by atoms with Crippen LogP contribution in [0.15, 0.2) is 60.7 Å². The zero-order valence-corrected chi connectivity index (χ0v) is 19.2. The zero-order valence-electron chi connectivity index (χ0n) is 19.2. The number of piperazine rings is 1. The van der Waals surface area contributed by atoms with Crippen molar-refractivity contribution in [1.29, 1.82) is 0 Å². The summed E-state index contributed by atoms with van der Waals surface area (Å²) in [6, 6.07) is 18.7. The molecule has 2 saturated heterocycles. The van der Waals surface area contributed by atoms with Crippen molar-refractivity contribution in [3.63, 3.8) is 0 Å². The van der Waals surface area contributed by atoms with Gasteiger partial charge in [-0.15, -0.1) is 0 Å². The molecule has 5 nitrogen and oxygen atoms in total. The number of benzene rings is 2. The molecule has 0 spiro atoms. The molecule has 0 radical (unpaired) electrons. The first-order valence-electron chi connectivity index (χ1n) is 11.8. The molecule has 0 atom stereocenters. The smallest absolute Gasteiger partial charge is 0.236 e. The fourth-order valence-electron chi connectivity index (χ4n) is 4.64. The molecule has 2 aliphatic rings. The second kappa shape index (κ2) is 11.3. The molecular formula is C27H35N3O2. The molecular weight excluding hydrogens is 398 g/mol. The lowest BCUT2D eigenvalue weighted by Crippen LogP contribution is -2.51. The molecule has 2 aromatic rings. The minimum atomic E-state index is 0.278. The molecule has 5 heteroatoms. The lowest BCUT2D eigenvalue weighted by Gasteiger charge is -2.37. The fourth-order valence-corrected chi connectivity index (χ4v) is 4.64. The number of piperidine rings is 1. The molecule has 2 aliphatic heterocycles. The van der Waals surface area contributed by atoms with Crippen LogP contribution in [0.25, 0.3) is 6.08 Å². The van der Waals surface area contributed by atoms with Gasteiger partial charge in [-0.2, -0.15) is 0 Å². The number of para-hydroxylation sites is 1. The Morgan fingerprint density at radius 1 is 0.906 bits per heavy atom. The third-order valence-electron chi connectivity index (χ3n) is 6.66. The molecule has 2 heterocycles. The van der Waals surface area contributed by atoms with E-state index in [0.717, 1.165) is 64.4 Å². The zero-order chi connectivity index (χ0) is 22.2. The minimum Gasteiger partial charge on any atom is -0.496 e. The van der Waals surface area contributed by atoms with Gasteiger partial charge in [-0.1, -0.05) is 60.7 Å². The van der Waals surface area contributed by atoms with Gasteiger partial charge in [-0.05, 0) is 43.5 Å². The van der Waals surface area contributed by atoms with Crippen molar-refractivity contribution in [1.82, 2.24) is 14.7 Å². The van der Waals surface area contributed by atoms with Crippen molar-refractivity contribution in [2.45, 2.75) is 19.4 Å². The highest BCUT2D eigenvalue weighted by Crippen LogP contribution is 2.21. The van der Waals surface area contributed by atoms with E-state index in [1.54, 1.807) is 7.11 Å². The van der Waals surface area contributed by atoms with Gasteiger partial charge in [0.25, 0.3) is 0 Å². The van der Waals surface area contributed by atoms with Crippen LogP contribution in [-0.4, -0.2) is 73.5 Å². The first-order valence-corrected chi connectivity index (χ1v) is 11.8. The van der Waals surface area contributed by atoms with Crippen LogP contribution in [0.3, 0.4) is 0 Å². The van der Waals surface area contributed by atoms with E-state index in [2.05, 4.69) is 58.4 Å². The lowest BCUT2D eigenvalue weighted by atomic mass is 9.95. The van der Waals surface area contributed by atoms with Crippen molar-refractivity contribution >= 4 is 12.0 Å². The van der Waals surface area contributed by atoms with Crippen molar-refractivity contribution in [3.8, 4) is 5.75 Å². The summed E-state index contributed by atoms with van der Waals surface area (Å²) in [6.45, 7) is 6.88. The Kier molecular flexibility index (Phi) is 7.97. The molecule has 0 N–H and O–H groups in total. The number of methoxy groups -OCH3 is 1. The van der Waals surface area contributed by atoms with Gasteiger partial charge in [-0.3, -0.25) is 14.6 Å². The van der Waals surface area contributed by atoms with E-state index in [1.165, 1.54) is 11.1 Å². The number of nitrogens with zero attached hydrogens (tertiary/aromatic N) is 3. The van der Waals surface area contributed by atoms with E-state index in [4.69, 9.17) is 4.74 Å². The van der Waals surface area contributed by atoms with Gasteiger partial charge in [0, 0.05) is 38.3 Å². The maximum absolute atomic E-state index is 12.9. The second-order valence-corrected chi connectivity index (χ2v) is 8.85. The number of rotatable bonds is 7. The molecule has 4 rings (SSSR count). The fraction of sp³-hybridized carbons (Fsp3) is 0.444. The quantitative estimate of drug-likeness (QED) is 0.666. The summed E-state index contributed by atoms with van der Waals surface area (Å²) in [5.74, 6) is 1.83. The van der Waals surface area contributed by atoms with E-state index in [1.807, 2.05) is 23.1 Å². The van der Waals surface area contributed by atoms with Crippen LogP contribution in [0, 0.1) is 5.92 Å². The highest BCUT2D eigenvalue weighted by atomic mass is 16.5. The highest BCUT2D eigenvalue weighted by molar-refractivity contribution is 5.78. The molecule has 0 bridgehead atoms. The summed E-state index contributed by atoms with van der Waals surface area (Å²) < 4.78 is 5.48. The van der Waals surface area contributed by atoms with E-state index in [9.17, 15) is 4.79 Å². The van der Waals surface area contributed by atoms with Crippen LogP contribution >= 0.6 is 0 Å². The number of hydrogen-bond acceptors (Lipinski definition) is 4. The lowest BCUT2D eigenvalue weighted by molar-refractivity contribution is -0.134. The first kappa shape index (κ1) is 22.6. The summed E-state index contributed by atoms with van der Waals surface area (Å²) in [5.41, 5.74) is 2.47. The molecule has 0 aliphatic carbocycles. The Labute approximate surface area is 192 Å². The third-order valence-corrected chi connectivity index (χ3v) is 6.66. The van der Waals surface area contributed by atoms with E-state index in [0.29, 0.717) is 12.5 Å². The number of likely N-dealkylation sites (tertiary alicyclic amines) is 1. The van der Waals surface area contributed by atoms with Crippen LogP contribution in [0.2, 0.25) is 0 Å². The number of carbonyl (C=O) groups excluding carboxylic acids is 1. The van der Waals surface area contributed by atoms with Gasteiger partial charge >= 0.3 is 0 Å². The van der Waals surface area contributed by atoms with Crippen LogP contribution in [0.5, 0.6) is 5.75 Å². The largest absolute Gasteiger partial charge is 0.496 e. The van der Waals surface area contributed by atoms with Crippen LogP contribution < -0.4 is 4.74 Å². The van der Waals surface area contributed by atoms with Crippen LogP contribution in [0.1, 0.15) is 24.0 Å². The molecule has 0 unspecified atom stereocenters. The average Bonchev–Trinajstić information content (AvgIpc) is 2.85. The predicted molar refractivity (Wildman–Crippen MR) is 129 cm³/mol. The van der Waals surface area contributed by atoms with Crippen molar-refractivity contribution in [2.24, 2.45) is 5.92 Å². The number of allylic oxidation sites excluding steroid dienone is 1. The monoisotopic (exact) mass is 433 g/mol. The van der Waals surface area contributed by atoms with E-state index < -0.39 is 0 Å². The number of hydrogen-bond donors (Lipinski definition) is 0. The Hall–Kier alpha value is -2.63.